The molecule has 1 unspecified atom stereocenters. The first-order valence-corrected chi connectivity index (χ1v) is 7.37. The van der Waals surface area contributed by atoms with Crippen LogP contribution in [0.2, 0.25) is 0 Å². The van der Waals surface area contributed by atoms with Gasteiger partial charge in [0.1, 0.15) is 0 Å². The minimum absolute atomic E-state index is 0.688. The van der Waals surface area contributed by atoms with Crippen molar-refractivity contribution < 1.29 is 0 Å². The molecule has 0 saturated carbocycles. The maximum absolute atomic E-state index is 3.48. The van der Waals surface area contributed by atoms with Gasteiger partial charge in [-0.1, -0.05) is 24.3 Å². The van der Waals surface area contributed by atoms with Crippen LogP contribution in [0.1, 0.15) is 36.8 Å². The van der Waals surface area contributed by atoms with Crippen LogP contribution in [0.3, 0.4) is 0 Å². The number of hydrogen-bond acceptors (Lipinski definition) is 2. The molecular formula is C16H24N2. The Morgan fingerprint density at radius 2 is 2.22 bits per heavy atom. The Morgan fingerprint density at radius 3 is 3.11 bits per heavy atom. The third kappa shape index (κ3) is 2.45. The summed E-state index contributed by atoms with van der Waals surface area (Å²) in [7, 11) is 0. The van der Waals surface area contributed by atoms with Crippen LogP contribution >= 0.6 is 0 Å². The smallest absolute Gasteiger partial charge is 0.0193 e. The van der Waals surface area contributed by atoms with Crippen molar-refractivity contribution in [3.05, 3.63) is 35.4 Å². The summed E-state index contributed by atoms with van der Waals surface area (Å²) in [5.74, 6) is 0.760. The highest BCUT2D eigenvalue weighted by atomic mass is 15.2. The van der Waals surface area contributed by atoms with Gasteiger partial charge in [0.05, 0.1) is 0 Å². The zero-order valence-electron chi connectivity index (χ0n) is 11.4. The topological polar surface area (TPSA) is 15.3 Å². The number of fused-ring (bicyclic) bond motifs is 1. The van der Waals surface area contributed by atoms with Crippen LogP contribution in [0, 0.1) is 0 Å². The second-order valence-electron chi connectivity index (χ2n) is 5.84. The maximum atomic E-state index is 3.48. The van der Waals surface area contributed by atoms with E-state index in [1.54, 1.807) is 11.1 Å². The zero-order valence-corrected chi connectivity index (χ0v) is 11.4. The highest BCUT2D eigenvalue weighted by Crippen LogP contribution is 2.32. The summed E-state index contributed by atoms with van der Waals surface area (Å²) in [5, 5.41) is 3.48. The number of piperazine rings is 1. The Hall–Kier alpha value is -0.860. The van der Waals surface area contributed by atoms with Gasteiger partial charge in [-0.15, -0.1) is 0 Å². The van der Waals surface area contributed by atoms with Gasteiger partial charge in [0.15, 0.2) is 0 Å². The van der Waals surface area contributed by atoms with Crippen molar-refractivity contribution in [3.8, 4) is 0 Å². The zero-order chi connectivity index (χ0) is 12.4. The molecule has 1 aromatic carbocycles. The molecule has 1 saturated heterocycles. The molecule has 2 nitrogen and oxygen atoms in total. The molecular weight excluding hydrogens is 220 g/mol. The van der Waals surface area contributed by atoms with Gasteiger partial charge in [0, 0.05) is 32.2 Å². The summed E-state index contributed by atoms with van der Waals surface area (Å²) >= 11 is 0. The molecule has 1 aromatic rings. The molecule has 0 aromatic heterocycles. The van der Waals surface area contributed by atoms with Crippen LogP contribution in [0.25, 0.3) is 0 Å². The van der Waals surface area contributed by atoms with E-state index in [-0.39, 0.29) is 0 Å². The highest BCUT2D eigenvalue weighted by molar-refractivity contribution is 5.32. The second kappa shape index (κ2) is 5.41. The highest BCUT2D eigenvalue weighted by Gasteiger charge is 2.25. The number of hydrogen-bond donors (Lipinski definition) is 1. The summed E-state index contributed by atoms with van der Waals surface area (Å²) in [6.07, 6.45) is 4.01. The summed E-state index contributed by atoms with van der Waals surface area (Å²) in [6, 6.07) is 9.76. The average molecular weight is 244 g/mol. The van der Waals surface area contributed by atoms with Crippen LogP contribution in [-0.4, -0.2) is 37.1 Å². The minimum atomic E-state index is 0.688. The van der Waals surface area contributed by atoms with Crippen LogP contribution in [-0.2, 0) is 6.42 Å². The molecule has 1 fully saturated rings. The van der Waals surface area contributed by atoms with Gasteiger partial charge in [-0.25, -0.2) is 0 Å². The van der Waals surface area contributed by atoms with Crippen LogP contribution in [0.15, 0.2) is 24.3 Å². The normalized spacial score (nSPS) is 28.9. The van der Waals surface area contributed by atoms with Crippen molar-refractivity contribution >= 4 is 0 Å². The summed E-state index contributed by atoms with van der Waals surface area (Å²) < 4.78 is 0. The van der Waals surface area contributed by atoms with Crippen molar-refractivity contribution in [1.82, 2.24) is 10.2 Å². The van der Waals surface area contributed by atoms with Crippen molar-refractivity contribution in [1.29, 1.82) is 0 Å². The third-order valence-corrected chi connectivity index (χ3v) is 4.59. The number of nitrogens with one attached hydrogen (secondary N) is 1. The predicted octanol–water partition coefficient (Wildman–Crippen LogP) is 2.40. The Morgan fingerprint density at radius 1 is 1.33 bits per heavy atom. The number of benzene rings is 1. The van der Waals surface area contributed by atoms with Gasteiger partial charge in [0.25, 0.3) is 0 Å². The van der Waals surface area contributed by atoms with E-state index < -0.39 is 0 Å². The molecule has 0 spiro atoms. The number of rotatable bonds is 2. The van der Waals surface area contributed by atoms with Crippen LogP contribution < -0.4 is 5.32 Å². The van der Waals surface area contributed by atoms with Crippen molar-refractivity contribution in [2.45, 2.75) is 38.1 Å². The Balaban J connectivity index is 1.73. The van der Waals surface area contributed by atoms with Gasteiger partial charge in [-0.2, -0.15) is 0 Å². The lowest BCUT2D eigenvalue weighted by atomic mass is 9.82. The summed E-state index contributed by atoms with van der Waals surface area (Å²) in [4.78, 5) is 2.67. The molecule has 2 heteroatoms. The third-order valence-electron chi connectivity index (χ3n) is 4.59. The molecule has 18 heavy (non-hydrogen) atoms. The molecule has 1 N–H and O–H groups in total. The molecule has 2 atom stereocenters. The van der Waals surface area contributed by atoms with E-state index in [1.165, 1.54) is 32.4 Å². The fourth-order valence-electron chi connectivity index (χ4n) is 3.48. The molecule has 0 amide bonds. The van der Waals surface area contributed by atoms with E-state index in [4.69, 9.17) is 0 Å². The minimum Gasteiger partial charge on any atom is -0.314 e. The predicted molar refractivity (Wildman–Crippen MR) is 76.0 cm³/mol. The second-order valence-corrected chi connectivity index (χ2v) is 5.84. The fourth-order valence-corrected chi connectivity index (χ4v) is 3.48. The quantitative estimate of drug-likeness (QED) is 0.859. The van der Waals surface area contributed by atoms with Gasteiger partial charge >= 0.3 is 0 Å². The Kier molecular flexibility index (Phi) is 3.67. The Labute approximate surface area is 110 Å². The van der Waals surface area contributed by atoms with Crippen molar-refractivity contribution in [2.24, 2.45) is 0 Å². The van der Waals surface area contributed by atoms with Crippen molar-refractivity contribution in [3.63, 3.8) is 0 Å². The monoisotopic (exact) mass is 244 g/mol. The molecule has 1 heterocycles. The first-order valence-electron chi connectivity index (χ1n) is 7.37. The Bertz CT molecular complexity index is 402. The summed E-state index contributed by atoms with van der Waals surface area (Å²) in [6.45, 7) is 7.10. The summed E-state index contributed by atoms with van der Waals surface area (Å²) in [5.41, 5.74) is 3.21. The van der Waals surface area contributed by atoms with E-state index >= 15 is 0 Å². The van der Waals surface area contributed by atoms with Gasteiger partial charge < -0.3 is 5.32 Å². The maximum Gasteiger partial charge on any atom is 0.0193 e. The van der Waals surface area contributed by atoms with E-state index in [0.29, 0.717) is 6.04 Å². The van der Waals surface area contributed by atoms with Crippen molar-refractivity contribution in [2.75, 3.05) is 26.2 Å². The van der Waals surface area contributed by atoms with Crippen LogP contribution in [0.4, 0.5) is 0 Å². The van der Waals surface area contributed by atoms with Gasteiger partial charge in [-0.3, -0.25) is 4.90 Å². The molecule has 3 rings (SSSR count). The van der Waals surface area contributed by atoms with E-state index in [1.807, 2.05) is 0 Å². The fraction of sp³-hybridized carbons (Fsp3) is 0.625. The lowest BCUT2D eigenvalue weighted by molar-refractivity contribution is 0.159. The van der Waals surface area contributed by atoms with Gasteiger partial charge in [-0.05, 0) is 43.2 Å². The lowest BCUT2D eigenvalue weighted by Crippen LogP contribution is -2.51. The molecule has 1 aliphatic heterocycles. The first kappa shape index (κ1) is 12.2. The first-order chi connectivity index (χ1) is 8.84. The van der Waals surface area contributed by atoms with Crippen LogP contribution in [0.5, 0.6) is 0 Å². The molecule has 2 aliphatic rings. The SMILES string of the molecule is C[C@H]1CNCCN1CC1CCCc2ccccc21. The van der Waals surface area contributed by atoms with E-state index in [2.05, 4.69) is 41.4 Å². The molecule has 1 aliphatic carbocycles. The largest absolute Gasteiger partial charge is 0.314 e. The molecule has 0 radical (unpaired) electrons. The molecule has 0 bridgehead atoms. The van der Waals surface area contributed by atoms with Gasteiger partial charge in [0.2, 0.25) is 0 Å². The van der Waals surface area contributed by atoms with E-state index in [9.17, 15) is 0 Å². The average Bonchev–Trinajstić information content (AvgIpc) is 2.42. The number of nitrogens with zero attached hydrogens (tertiary/aromatic N) is 1. The standard InChI is InChI=1S/C16H24N2/c1-13-11-17-9-10-18(13)12-15-7-4-6-14-5-2-3-8-16(14)15/h2-3,5,8,13,15,17H,4,6-7,9-12H2,1H3/t13-,15?/m0/s1. The lowest BCUT2D eigenvalue weighted by Gasteiger charge is -2.38. The molecule has 98 valence electrons. The number of aryl methyl sites for hydroxylation is 1. The van der Waals surface area contributed by atoms with E-state index in [0.717, 1.165) is 19.0 Å².